The summed E-state index contributed by atoms with van der Waals surface area (Å²) in [6.45, 7) is 9.26. The third-order valence-corrected chi connectivity index (χ3v) is 5.70. The number of hydrogen-bond acceptors (Lipinski definition) is 3. The molecule has 2 unspecified atom stereocenters. The van der Waals surface area contributed by atoms with Gasteiger partial charge in [0.15, 0.2) is 0 Å². The number of rotatable bonds is 4. The lowest BCUT2D eigenvalue weighted by atomic mass is 9.96. The average molecular weight is 394 g/mol. The van der Waals surface area contributed by atoms with Crippen LogP contribution in [0.1, 0.15) is 36.0 Å². The number of aryl methyl sites for hydroxylation is 3. The van der Waals surface area contributed by atoms with E-state index in [4.69, 9.17) is 0 Å². The minimum Gasteiger partial charge on any atom is -0.342 e. The highest BCUT2D eigenvalue weighted by molar-refractivity contribution is 6.01. The standard InChI is InChI=1S/C21H31N3O2.ClH/c1-14-8-15(2)20(16(3)9-14)24-13-18(10-19(24)25)21(26)23-7-5-6-17(12-23)11-22-4;/h8-9,17-18,22H,5-7,10-13H2,1-4H3;1H. The van der Waals surface area contributed by atoms with Crippen molar-refractivity contribution in [2.75, 3.05) is 38.1 Å². The number of hydrogen-bond donors (Lipinski definition) is 1. The number of amides is 2. The molecule has 2 amide bonds. The predicted molar refractivity (Wildman–Crippen MR) is 112 cm³/mol. The largest absolute Gasteiger partial charge is 0.342 e. The maximum Gasteiger partial charge on any atom is 0.228 e. The Morgan fingerprint density at radius 3 is 2.48 bits per heavy atom. The molecule has 5 nitrogen and oxygen atoms in total. The summed E-state index contributed by atoms with van der Waals surface area (Å²) in [5.74, 6) is 0.537. The molecule has 0 radical (unpaired) electrons. The molecular formula is C21H32ClN3O2. The number of piperidine rings is 1. The van der Waals surface area contributed by atoms with Gasteiger partial charge in [0.25, 0.3) is 0 Å². The molecule has 6 heteroatoms. The molecule has 0 aromatic heterocycles. The molecule has 1 aromatic rings. The van der Waals surface area contributed by atoms with E-state index in [1.54, 1.807) is 0 Å². The van der Waals surface area contributed by atoms with Crippen LogP contribution in [0.4, 0.5) is 5.69 Å². The Bertz CT molecular complexity index is 682. The van der Waals surface area contributed by atoms with E-state index >= 15 is 0 Å². The molecule has 0 bridgehead atoms. The Balaban J connectivity index is 0.00000261. The summed E-state index contributed by atoms with van der Waals surface area (Å²) < 4.78 is 0. The molecule has 150 valence electrons. The summed E-state index contributed by atoms with van der Waals surface area (Å²) in [7, 11) is 1.96. The van der Waals surface area contributed by atoms with E-state index in [9.17, 15) is 9.59 Å². The number of nitrogens with zero attached hydrogens (tertiary/aromatic N) is 2. The molecule has 2 aliphatic rings. The molecule has 0 saturated carbocycles. The van der Waals surface area contributed by atoms with Gasteiger partial charge in [-0.05, 0) is 64.3 Å². The van der Waals surface area contributed by atoms with Gasteiger partial charge in [-0.15, -0.1) is 12.4 Å². The van der Waals surface area contributed by atoms with E-state index in [0.717, 1.165) is 42.9 Å². The molecular weight excluding hydrogens is 362 g/mol. The summed E-state index contributed by atoms with van der Waals surface area (Å²) in [5.41, 5.74) is 4.40. The van der Waals surface area contributed by atoms with Gasteiger partial charge >= 0.3 is 0 Å². The van der Waals surface area contributed by atoms with Crippen molar-refractivity contribution in [2.45, 2.75) is 40.0 Å². The van der Waals surface area contributed by atoms with Crippen molar-refractivity contribution in [3.8, 4) is 0 Å². The fourth-order valence-electron chi connectivity index (χ4n) is 4.67. The maximum absolute atomic E-state index is 13.0. The minimum absolute atomic E-state index is 0. The Hall–Kier alpha value is -1.59. The summed E-state index contributed by atoms with van der Waals surface area (Å²) in [5, 5.41) is 3.22. The molecule has 2 heterocycles. The van der Waals surface area contributed by atoms with Crippen molar-refractivity contribution in [2.24, 2.45) is 11.8 Å². The predicted octanol–water partition coefficient (Wildman–Crippen LogP) is 2.84. The van der Waals surface area contributed by atoms with E-state index in [2.05, 4.69) is 24.4 Å². The second-order valence-corrected chi connectivity index (χ2v) is 8.00. The summed E-state index contributed by atoms with van der Waals surface area (Å²) in [4.78, 5) is 29.5. The smallest absolute Gasteiger partial charge is 0.228 e. The number of benzene rings is 1. The maximum atomic E-state index is 13.0. The van der Waals surface area contributed by atoms with Crippen molar-refractivity contribution in [3.63, 3.8) is 0 Å². The van der Waals surface area contributed by atoms with Gasteiger partial charge in [-0.3, -0.25) is 9.59 Å². The Morgan fingerprint density at radius 1 is 1.19 bits per heavy atom. The second kappa shape index (κ2) is 9.07. The van der Waals surface area contributed by atoms with Gasteiger partial charge in [-0.25, -0.2) is 0 Å². The Morgan fingerprint density at radius 2 is 1.85 bits per heavy atom. The SMILES string of the molecule is CNCC1CCCN(C(=O)C2CC(=O)N(c3c(C)cc(C)cc3C)C2)C1.Cl. The highest BCUT2D eigenvalue weighted by atomic mass is 35.5. The van der Waals surface area contributed by atoms with Gasteiger partial charge in [0.1, 0.15) is 0 Å². The molecule has 2 aliphatic heterocycles. The van der Waals surface area contributed by atoms with Crippen LogP contribution < -0.4 is 10.2 Å². The fraction of sp³-hybridized carbons (Fsp3) is 0.619. The molecule has 1 N–H and O–H groups in total. The molecule has 3 rings (SSSR count). The van der Waals surface area contributed by atoms with Crippen molar-refractivity contribution < 1.29 is 9.59 Å². The van der Waals surface area contributed by atoms with Gasteiger partial charge in [0, 0.05) is 31.7 Å². The number of carbonyl (C=O) groups excluding carboxylic acids is 2. The molecule has 2 atom stereocenters. The minimum atomic E-state index is -0.212. The zero-order chi connectivity index (χ0) is 18.8. The van der Waals surface area contributed by atoms with Crippen LogP contribution in [0, 0.1) is 32.6 Å². The van der Waals surface area contributed by atoms with Crippen molar-refractivity contribution in [1.29, 1.82) is 0 Å². The third-order valence-electron chi connectivity index (χ3n) is 5.70. The van der Waals surface area contributed by atoms with E-state index < -0.39 is 0 Å². The summed E-state index contributed by atoms with van der Waals surface area (Å²) >= 11 is 0. The number of likely N-dealkylation sites (tertiary alicyclic amines) is 1. The van der Waals surface area contributed by atoms with E-state index in [1.165, 1.54) is 12.0 Å². The summed E-state index contributed by atoms with van der Waals surface area (Å²) in [6, 6.07) is 4.22. The average Bonchev–Trinajstić information content (AvgIpc) is 2.95. The van der Waals surface area contributed by atoms with Gasteiger partial charge in [0.05, 0.1) is 5.92 Å². The van der Waals surface area contributed by atoms with Crippen LogP contribution in [0.5, 0.6) is 0 Å². The lowest BCUT2D eigenvalue weighted by molar-refractivity contribution is -0.137. The molecule has 1 aromatic carbocycles. The van der Waals surface area contributed by atoms with Crippen LogP contribution in [0.2, 0.25) is 0 Å². The molecule has 2 fully saturated rings. The number of carbonyl (C=O) groups is 2. The van der Waals surface area contributed by atoms with Crippen molar-refractivity contribution in [1.82, 2.24) is 10.2 Å². The van der Waals surface area contributed by atoms with E-state index in [1.807, 2.05) is 30.7 Å². The first kappa shape index (κ1) is 21.7. The van der Waals surface area contributed by atoms with Gasteiger partial charge < -0.3 is 15.1 Å². The van der Waals surface area contributed by atoms with E-state index in [-0.39, 0.29) is 30.1 Å². The van der Waals surface area contributed by atoms with Gasteiger partial charge in [-0.1, -0.05) is 17.7 Å². The Kier molecular flexibility index (Phi) is 7.29. The molecule has 0 spiro atoms. The highest BCUT2D eigenvalue weighted by Gasteiger charge is 2.39. The summed E-state index contributed by atoms with van der Waals surface area (Å²) in [6.07, 6.45) is 2.56. The zero-order valence-corrected chi connectivity index (χ0v) is 17.7. The monoisotopic (exact) mass is 393 g/mol. The zero-order valence-electron chi connectivity index (χ0n) is 16.9. The lowest BCUT2D eigenvalue weighted by Gasteiger charge is -2.34. The van der Waals surface area contributed by atoms with E-state index in [0.29, 0.717) is 18.9 Å². The van der Waals surface area contributed by atoms with Crippen LogP contribution >= 0.6 is 12.4 Å². The normalized spacial score (nSPS) is 22.7. The first-order valence-corrected chi connectivity index (χ1v) is 9.72. The van der Waals surface area contributed by atoms with Crippen LogP contribution in [0.3, 0.4) is 0 Å². The van der Waals surface area contributed by atoms with Crippen LogP contribution in [-0.2, 0) is 9.59 Å². The van der Waals surface area contributed by atoms with Crippen molar-refractivity contribution >= 4 is 29.9 Å². The molecule has 2 saturated heterocycles. The van der Waals surface area contributed by atoms with Crippen LogP contribution in [0.25, 0.3) is 0 Å². The second-order valence-electron chi connectivity index (χ2n) is 8.00. The fourth-order valence-corrected chi connectivity index (χ4v) is 4.67. The number of halogens is 1. The molecule has 0 aliphatic carbocycles. The van der Waals surface area contributed by atoms with Gasteiger partial charge in [0.2, 0.25) is 11.8 Å². The lowest BCUT2D eigenvalue weighted by Crippen LogP contribution is -2.45. The Labute approximate surface area is 168 Å². The van der Waals surface area contributed by atoms with Gasteiger partial charge in [-0.2, -0.15) is 0 Å². The first-order valence-electron chi connectivity index (χ1n) is 9.72. The first-order chi connectivity index (χ1) is 12.4. The number of anilines is 1. The van der Waals surface area contributed by atoms with Crippen LogP contribution in [-0.4, -0.2) is 49.9 Å². The van der Waals surface area contributed by atoms with Crippen molar-refractivity contribution in [3.05, 3.63) is 28.8 Å². The third kappa shape index (κ3) is 4.64. The highest BCUT2D eigenvalue weighted by Crippen LogP contribution is 2.33. The quantitative estimate of drug-likeness (QED) is 0.855. The van der Waals surface area contributed by atoms with Crippen LogP contribution in [0.15, 0.2) is 12.1 Å². The molecule has 27 heavy (non-hydrogen) atoms. The topological polar surface area (TPSA) is 52.7 Å². The number of nitrogens with one attached hydrogen (secondary N) is 1.